The van der Waals surface area contributed by atoms with E-state index in [0.29, 0.717) is 6.42 Å². The fourth-order valence-corrected chi connectivity index (χ4v) is 2.31. The summed E-state index contributed by atoms with van der Waals surface area (Å²) in [5.74, 6) is -0.707. The van der Waals surface area contributed by atoms with Crippen LogP contribution < -0.4 is 5.32 Å². The minimum Gasteiger partial charge on any atom is -0.480 e. The highest BCUT2D eigenvalue weighted by atomic mass is 16.4. The van der Waals surface area contributed by atoms with Crippen molar-refractivity contribution in [2.45, 2.75) is 31.2 Å². The molecule has 0 aliphatic carbocycles. The first-order valence-corrected chi connectivity index (χ1v) is 5.75. The molecule has 0 bridgehead atoms. The van der Waals surface area contributed by atoms with Crippen LogP contribution in [-0.2, 0) is 11.2 Å². The Labute approximate surface area is 95.5 Å². The summed E-state index contributed by atoms with van der Waals surface area (Å²) < 4.78 is 0. The van der Waals surface area contributed by atoms with Crippen molar-refractivity contribution >= 4 is 5.97 Å². The lowest BCUT2D eigenvalue weighted by molar-refractivity contribution is -0.144. The van der Waals surface area contributed by atoms with Crippen molar-refractivity contribution in [3.05, 3.63) is 35.9 Å². The van der Waals surface area contributed by atoms with Crippen LogP contribution in [0.2, 0.25) is 0 Å². The second kappa shape index (κ2) is 4.66. The van der Waals surface area contributed by atoms with E-state index in [4.69, 9.17) is 0 Å². The van der Waals surface area contributed by atoms with Gasteiger partial charge in [0.15, 0.2) is 0 Å². The van der Waals surface area contributed by atoms with Crippen molar-refractivity contribution < 1.29 is 9.90 Å². The second-order valence-corrected chi connectivity index (χ2v) is 4.40. The summed E-state index contributed by atoms with van der Waals surface area (Å²) in [6, 6.07) is 10.1. The van der Waals surface area contributed by atoms with Crippen LogP contribution in [0.5, 0.6) is 0 Å². The molecule has 1 aromatic rings. The third kappa shape index (κ3) is 2.25. The molecule has 2 rings (SSSR count). The highest BCUT2D eigenvalue weighted by Crippen LogP contribution is 2.25. The highest BCUT2D eigenvalue weighted by molar-refractivity contribution is 5.79. The zero-order valence-corrected chi connectivity index (χ0v) is 9.28. The normalized spacial score (nSPS) is 24.5. The minimum absolute atomic E-state index is 0.673. The third-order valence-corrected chi connectivity index (χ3v) is 3.34. The van der Waals surface area contributed by atoms with Crippen molar-refractivity contribution in [1.82, 2.24) is 5.32 Å². The molecule has 1 aliphatic rings. The zero-order chi connectivity index (χ0) is 11.4. The summed E-state index contributed by atoms with van der Waals surface area (Å²) in [5.41, 5.74) is 0.521. The van der Waals surface area contributed by atoms with E-state index in [1.807, 2.05) is 30.3 Å². The molecule has 0 radical (unpaired) electrons. The van der Waals surface area contributed by atoms with E-state index in [9.17, 15) is 9.90 Å². The number of benzene rings is 1. The smallest absolute Gasteiger partial charge is 0.323 e. The van der Waals surface area contributed by atoms with E-state index >= 15 is 0 Å². The lowest BCUT2D eigenvalue weighted by Gasteiger charge is -2.24. The SMILES string of the molecule is O=C(O)[C@]1(CCc2ccccc2)CCCN1. The summed E-state index contributed by atoms with van der Waals surface area (Å²) >= 11 is 0. The Balaban J connectivity index is 2.00. The summed E-state index contributed by atoms with van der Waals surface area (Å²) in [7, 11) is 0. The Morgan fingerprint density at radius 3 is 2.69 bits per heavy atom. The summed E-state index contributed by atoms with van der Waals surface area (Å²) in [6.45, 7) is 0.821. The molecule has 1 aromatic carbocycles. The van der Waals surface area contributed by atoms with Crippen molar-refractivity contribution in [3.63, 3.8) is 0 Å². The first kappa shape index (κ1) is 11.1. The first-order chi connectivity index (χ1) is 7.73. The second-order valence-electron chi connectivity index (χ2n) is 4.40. The summed E-state index contributed by atoms with van der Waals surface area (Å²) in [4.78, 5) is 11.3. The Hall–Kier alpha value is -1.35. The van der Waals surface area contributed by atoms with Gasteiger partial charge in [0.05, 0.1) is 0 Å². The van der Waals surface area contributed by atoms with E-state index < -0.39 is 11.5 Å². The quantitative estimate of drug-likeness (QED) is 0.812. The Kier molecular flexibility index (Phi) is 3.25. The van der Waals surface area contributed by atoms with E-state index in [1.165, 1.54) is 5.56 Å². The Morgan fingerprint density at radius 2 is 2.12 bits per heavy atom. The van der Waals surface area contributed by atoms with Gasteiger partial charge in [0.25, 0.3) is 0 Å². The number of aliphatic carboxylic acids is 1. The molecule has 0 aromatic heterocycles. The lowest BCUT2D eigenvalue weighted by Crippen LogP contribution is -2.47. The number of carboxylic acids is 1. The number of carbonyl (C=O) groups is 1. The molecule has 1 saturated heterocycles. The average Bonchev–Trinajstić information content (AvgIpc) is 2.78. The molecule has 3 nitrogen and oxygen atoms in total. The fraction of sp³-hybridized carbons (Fsp3) is 0.462. The van der Waals surface area contributed by atoms with Gasteiger partial charge in [0.2, 0.25) is 0 Å². The number of nitrogens with one attached hydrogen (secondary N) is 1. The Bertz CT molecular complexity index is 355. The monoisotopic (exact) mass is 219 g/mol. The molecule has 0 saturated carbocycles. The van der Waals surface area contributed by atoms with E-state index in [1.54, 1.807) is 0 Å². The molecule has 0 amide bonds. The predicted octanol–water partition coefficient (Wildman–Crippen LogP) is 1.83. The molecule has 1 aliphatic heterocycles. The molecule has 1 fully saturated rings. The third-order valence-electron chi connectivity index (χ3n) is 3.34. The molecule has 0 spiro atoms. The van der Waals surface area contributed by atoms with Crippen LogP contribution in [0.4, 0.5) is 0 Å². The van der Waals surface area contributed by atoms with Crippen LogP contribution in [0.15, 0.2) is 30.3 Å². The van der Waals surface area contributed by atoms with E-state index in [-0.39, 0.29) is 0 Å². The van der Waals surface area contributed by atoms with Gasteiger partial charge in [-0.25, -0.2) is 0 Å². The van der Waals surface area contributed by atoms with Crippen molar-refractivity contribution in [2.24, 2.45) is 0 Å². The molecule has 86 valence electrons. The number of hydrogen-bond donors (Lipinski definition) is 2. The zero-order valence-electron chi connectivity index (χ0n) is 9.28. The van der Waals surface area contributed by atoms with Crippen LogP contribution >= 0.6 is 0 Å². The maximum Gasteiger partial charge on any atom is 0.323 e. The highest BCUT2D eigenvalue weighted by Gasteiger charge is 2.40. The van der Waals surface area contributed by atoms with Crippen LogP contribution in [0.1, 0.15) is 24.8 Å². The van der Waals surface area contributed by atoms with Gasteiger partial charge in [-0.05, 0) is 37.8 Å². The van der Waals surface area contributed by atoms with Gasteiger partial charge in [-0.1, -0.05) is 30.3 Å². The van der Waals surface area contributed by atoms with Crippen molar-refractivity contribution in [3.8, 4) is 0 Å². The topological polar surface area (TPSA) is 49.3 Å². The van der Waals surface area contributed by atoms with Gasteiger partial charge in [-0.2, -0.15) is 0 Å². The average molecular weight is 219 g/mol. The maximum absolute atomic E-state index is 11.3. The molecular formula is C13H17NO2. The molecule has 16 heavy (non-hydrogen) atoms. The summed E-state index contributed by atoms with van der Waals surface area (Å²) in [5, 5.41) is 12.4. The number of rotatable bonds is 4. The van der Waals surface area contributed by atoms with Crippen molar-refractivity contribution in [1.29, 1.82) is 0 Å². The van der Waals surface area contributed by atoms with Gasteiger partial charge >= 0.3 is 5.97 Å². The van der Waals surface area contributed by atoms with Gasteiger partial charge in [0.1, 0.15) is 5.54 Å². The molecule has 1 heterocycles. The van der Waals surface area contributed by atoms with Crippen LogP contribution in [0.3, 0.4) is 0 Å². The van der Waals surface area contributed by atoms with Gasteiger partial charge in [-0.3, -0.25) is 4.79 Å². The number of aryl methyl sites for hydroxylation is 1. The van der Waals surface area contributed by atoms with E-state index in [0.717, 1.165) is 25.8 Å². The first-order valence-electron chi connectivity index (χ1n) is 5.75. The van der Waals surface area contributed by atoms with Crippen LogP contribution in [-0.4, -0.2) is 23.2 Å². The van der Waals surface area contributed by atoms with Crippen molar-refractivity contribution in [2.75, 3.05) is 6.54 Å². The van der Waals surface area contributed by atoms with Gasteiger partial charge in [0, 0.05) is 0 Å². The molecule has 3 heteroatoms. The molecular weight excluding hydrogens is 202 g/mol. The van der Waals surface area contributed by atoms with Crippen LogP contribution in [0, 0.1) is 0 Å². The molecule has 0 unspecified atom stereocenters. The molecule has 2 N–H and O–H groups in total. The molecule has 1 atom stereocenters. The summed E-state index contributed by atoms with van der Waals surface area (Å²) in [6.07, 6.45) is 3.20. The van der Waals surface area contributed by atoms with E-state index in [2.05, 4.69) is 5.32 Å². The lowest BCUT2D eigenvalue weighted by atomic mass is 9.90. The van der Waals surface area contributed by atoms with Gasteiger partial charge in [-0.15, -0.1) is 0 Å². The maximum atomic E-state index is 11.3. The fourth-order valence-electron chi connectivity index (χ4n) is 2.31. The standard InChI is InChI=1S/C13H17NO2/c15-12(16)13(8-4-10-14-13)9-7-11-5-2-1-3-6-11/h1-3,5-6,14H,4,7-10H2,(H,15,16)/t13-/m1/s1. The van der Waals surface area contributed by atoms with Crippen LogP contribution in [0.25, 0.3) is 0 Å². The Morgan fingerprint density at radius 1 is 1.38 bits per heavy atom. The minimum atomic E-state index is -0.707. The van der Waals surface area contributed by atoms with Gasteiger partial charge < -0.3 is 10.4 Å². The number of hydrogen-bond acceptors (Lipinski definition) is 2. The predicted molar refractivity (Wildman–Crippen MR) is 62.4 cm³/mol. The number of carboxylic acid groups (broad SMARTS) is 1. The largest absolute Gasteiger partial charge is 0.480 e.